The van der Waals surface area contributed by atoms with Gasteiger partial charge in [0.15, 0.2) is 0 Å². The molecule has 0 radical (unpaired) electrons. The van der Waals surface area contributed by atoms with Crippen LogP contribution in [0.5, 0.6) is 5.75 Å². The van der Waals surface area contributed by atoms with Gasteiger partial charge in [-0.1, -0.05) is 25.5 Å². The molecule has 84 valence electrons. The molecule has 0 aliphatic heterocycles. The second-order valence-electron chi connectivity index (χ2n) is 4.08. The molecule has 0 unspecified atom stereocenters. The first-order valence-corrected chi connectivity index (χ1v) is 5.73. The lowest BCUT2D eigenvalue weighted by molar-refractivity contribution is 0.474. The highest BCUT2D eigenvalue weighted by Gasteiger charge is 2.02. The first-order chi connectivity index (χ1) is 7.22. The van der Waals surface area contributed by atoms with Crippen molar-refractivity contribution < 1.29 is 5.11 Å². The number of rotatable bonds is 6. The summed E-state index contributed by atoms with van der Waals surface area (Å²) in [5.74, 6) is 0.338. The van der Waals surface area contributed by atoms with Crippen molar-refractivity contribution in [2.75, 3.05) is 6.54 Å². The summed E-state index contributed by atoms with van der Waals surface area (Å²) in [5, 5.41) is 12.6. The molecule has 15 heavy (non-hydrogen) atoms. The fourth-order valence-corrected chi connectivity index (χ4v) is 1.58. The van der Waals surface area contributed by atoms with E-state index in [9.17, 15) is 0 Å². The van der Waals surface area contributed by atoms with Gasteiger partial charge in [-0.15, -0.1) is 0 Å². The third-order valence-electron chi connectivity index (χ3n) is 2.50. The van der Waals surface area contributed by atoms with E-state index in [2.05, 4.69) is 19.2 Å². The van der Waals surface area contributed by atoms with Gasteiger partial charge in [0.1, 0.15) is 5.75 Å². The summed E-state index contributed by atoms with van der Waals surface area (Å²) in [6.45, 7) is 5.49. The van der Waals surface area contributed by atoms with Crippen molar-refractivity contribution in [1.29, 1.82) is 0 Å². The van der Waals surface area contributed by atoms with Gasteiger partial charge in [-0.3, -0.25) is 0 Å². The van der Waals surface area contributed by atoms with Gasteiger partial charge in [0.25, 0.3) is 0 Å². The molecule has 0 bridgehead atoms. The van der Waals surface area contributed by atoms with E-state index in [1.165, 1.54) is 18.4 Å². The number of phenolic OH excluding ortho intramolecular Hbond substituents is 1. The summed E-state index contributed by atoms with van der Waals surface area (Å²) in [7, 11) is 0. The number of unbranched alkanes of at least 4 members (excludes halogenated alkanes) is 1. The molecule has 1 rings (SSSR count). The Morgan fingerprint density at radius 3 is 2.53 bits per heavy atom. The number of hydrogen-bond donors (Lipinski definition) is 2. The number of nitrogens with one attached hydrogen (secondary N) is 1. The van der Waals surface area contributed by atoms with Crippen molar-refractivity contribution in [3.63, 3.8) is 0 Å². The minimum atomic E-state index is 0.338. The zero-order chi connectivity index (χ0) is 11.1. The van der Waals surface area contributed by atoms with E-state index in [0.717, 1.165) is 13.0 Å². The van der Waals surface area contributed by atoms with Gasteiger partial charge in [-0.2, -0.15) is 0 Å². The molecule has 1 aromatic rings. The quantitative estimate of drug-likeness (QED) is 0.703. The lowest BCUT2D eigenvalue weighted by Gasteiger charge is -2.13. The Balaban J connectivity index is 2.31. The Morgan fingerprint density at radius 2 is 1.93 bits per heavy atom. The molecule has 0 saturated heterocycles. The molecule has 0 aliphatic rings. The highest BCUT2D eigenvalue weighted by Crippen LogP contribution is 2.11. The maximum Gasteiger partial charge on any atom is 0.115 e. The largest absolute Gasteiger partial charge is 0.508 e. The molecule has 0 fully saturated rings. The molecule has 1 atom stereocenters. The topological polar surface area (TPSA) is 32.3 Å². The molecule has 1 aromatic carbocycles. The van der Waals surface area contributed by atoms with Crippen molar-refractivity contribution in [3.8, 4) is 5.75 Å². The van der Waals surface area contributed by atoms with Gasteiger partial charge >= 0.3 is 0 Å². The molecular formula is C13H21NO. The molecule has 2 N–H and O–H groups in total. The van der Waals surface area contributed by atoms with Crippen LogP contribution in [0.15, 0.2) is 24.3 Å². The smallest absolute Gasteiger partial charge is 0.115 e. The van der Waals surface area contributed by atoms with E-state index in [0.29, 0.717) is 11.8 Å². The summed E-state index contributed by atoms with van der Waals surface area (Å²) in [6.07, 6.45) is 3.49. The number of hydrogen-bond acceptors (Lipinski definition) is 2. The monoisotopic (exact) mass is 207 g/mol. The van der Waals surface area contributed by atoms with E-state index in [1.54, 1.807) is 12.1 Å². The zero-order valence-corrected chi connectivity index (χ0v) is 9.66. The predicted octanol–water partition coefficient (Wildman–Crippen LogP) is 2.71. The lowest BCUT2D eigenvalue weighted by atomic mass is 10.1. The molecular weight excluding hydrogens is 186 g/mol. The second-order valence-corrected chi connectivity index (χ2v) is 4.08. The van der Waals surface area contributed by atoms with Crippen molar-refractivity contribution >= 4 is 0 Å². The zero-order valence-electron chi connectivity index (χ0n) is 9.66. The van der Waals surface area contributed by atoms with Crippen molar-refractivity contribution in [1.82, 2.24) is 5.32 Å². The van der Waals surface area contributed by atoms with Crippen LogP contribution in [-0.4, -0.2) is 17.7 Å². The Hall–Kier alpha value is -1.02. The maximum atomic E-state index is 9.15. The molecule has 0 heterocycles. The minimum Gasteiger partial charge on any atom is -0.508 e. The lowest BCUT2D eigenvalue weighted by Crippen LogP contribution is -2.28. The third-order valence-corrected chi connectivity index (χ3v) is 2.50. The van der Waals surface area contributed by atoms with E-state index < -0.39 is 0 Å². The van der Waals surface area contributed by atoms with Crippen LogP contribution in [-0.2, 0) is 6.42 Å². The first kappa shape index (κ1) is 12.1. The van der Waals surface area contributed by atoms with Gasteiger partial charge in [0.05, 0.1) is 0 Å². The molecule has 0 amide bonds. The molecule has 2 nitrogen and oxygen atoms in total. The van der Waals surface area contributed by atoms with Crippen LogP contribution in [0.2, 0.25) is 0 Å². The van der Waals surface area contributed by atoms with E-state index in [-0.39, 0.29) is 0 Å². The van der Waals surface area contributed by atoms with Crippen LogP contribution >= 0.6 is 0 Å². The Labute approximate surface area is 92.3 Å². The Kier molecular flexibility index (Phi) is 5.19. The fourth-order valence-electron chi connectivity index (χ4n) is 1.58. The van der Waals surface area contributed by atoms with E-state index in [1.807, 2.05) is 12.1 Å². The van der Waals surface area contributed by atoms with Crippen LogP contribution < -0.4 is 5.32 Å². The SMILES string of the molecule is CCCCN[C@@H](C)Cc1ccc(O)cc1. The average Bonchev–Trinajstić information content (AvgIpc) is 2.22. The Morgan fingerprint density at radius 1 is 1.27 bits per heavy atom. The summed E-state index contributed by atoms with van der Waals surface area (Å²) >= 11 is 0. The average molecular weight is 207 g/mol. The van der Waals surface area contributed by atoms with Crippen LogP contribution in [0.25, 0.3) is 0 Å². The summed E-state index contributed by atoms with van der Waals surface area (Å²) in [6, 6.07) is 7.95. The second kappa shape index (κ2) is 6.46. The van der Waals surface area contributed by atoms with Crippen molar-refractivity contribution in [2.45, 2.75) is 39.2 Å². The van der Waals surface area contributed by atoms with Crippen LogP contribution in [0.4, 0.5) is 0 Å². The number of phenols is 1. The molecule has 2 heteroatoms. The van der Waals surface area contributed by atoms with Crippen LogP contribution in [0.3, 0.4) is 0 Å². The molecule has 0 aromatic heterocycles. The van der Waals surface area contributed by atoms with Gasteiger partial charge in [-0.25, -0.2) is 0 Å². The van der Waals surface area contributed by atoms with Gasteiger partial charge in [-0.05, 0) is 44.0 Å². The van der Waals surface area contributed by atoms with Crippen LogP contribution in [0.1, 0.15) is 32.3 Å². The summed E-state index contributed by atoms with van der Waals surface area (Å²) in [4.78, 5) is 0. The summed E-state index contributed by atoms with van der Waals surface area (Å²) in [5.41, 5.74) is 1.27. The van der Waals surface area contributed by atoms with E-state index >= 15 is 0 Å². The normalized spacial score (nSPS) is 12.7. The van der Waals surface area contributed by atoms with Crippen molar-refractivity contribution in [2.24, 2.45) is 0 Å². The summed E-state index contributed by atoms with van der Waals surface area (Å²) < 4.78 is 0. The van der Waals surface area contributed by atoms with Crippen molar-refractivity contribution in [3.05, 3.63) is 29.8 Å². The maximum absolute atomic E-state index is 9.15. The Bertz CT molecular complexity index is 268. The number of benzene rings is 1. The first-order valence-electron chi connectivity index (χ1n) is 5.73. The van der Waals surface area contributed by atoms with Gasteiger partial charge < -0.3 is 10.4 Å². The predicted molar refractivity (Wildman–Crippen MR) is 64.2 cm³/mol. The molecule has 0 spiro atoms. The third kappa shape index (κ3) is 4.84. The number of aromatic hydroxyl groups is 1. The standard InChI is InChI=1S/C13H21NO/c1-3-4-9-14-11(2)10-12-5-7-13(15)8-6-12/h5-8,11,14-15H,3-4,9-10H2,1-2H3/t11-/m0/s1. The van der Waals surface area contributed by atoms with Gasteiger partial charge in [0.2, 0.25) is 0 Å². The fraction of sp³-hybridized carbons (Fsp3) is 0.538. The highest BCUT2D eigenvalue weighted by molar-refractivity contribution is 5.26. The van der Waals surface area contributed by atoms with E-state index in [4.69, 9.17) is 5.11 Å². The highest BCUT2D eigenvalue weighted by atomic mass is 16.3. The molecule has 0 aliphatic carbocycles. The van der Waals surface area contributed by atoms with Gasteiger partial charge in [0, 0.05) is 6.04 Å². The van der Waals surface area contributed by atoms with Crippen LogP contribution in [0, 0.1) is 0 Å². The molecule has 0 saturated carbocycles. The minimum absolute atomic E-state index is 0.338.